The maximum atomic E-state index is 12.2. The second kappa shape index (κ2) is 9.92. The molecule has 16 heteroatoms. The van der Waals surface area contributed by atoms with E-state index in [1.54, 1.807) is 20.8 Å². The number of anilines is 1. The first-order valence-corrected chi connectivity index (χ1v) is 11.8. The van der Waals surface area contributed by atoms with Gasteiger partial charge in [-0.3, -0.25) is 14.1 Å². The molecule has 1 saturated heterocycles. The summed E-state index contributed by atoms with van der Waals surface area (Å²) < 4.78 is 28.8. The van der Waals surface area contributed by atoms with Gasteiger partial charge in [0.05, 0.1) is 23.7 Å². The minimum Gasteiger partial charge on any atom is -0.462 e. The number of aryl methyl sites for hydroxylation is 1. The lowest BCUT2D eigenvalue weighted by atomic mass is 10.1. The number of hydrogen-bond donors (Lipinski definition) is 6. The largest absolute Gasteiger partial charge is 0.462 e. The maximum absolute atomic E-state index is 12.2. The molecule has 15 nitrogen and oxygen atoms in total. The number of nitrogens with two attached hydrogens (primary N) is 2. The predicted molar refractivity (Wildman–Crippen MR) is 116 cm³/mol. The lowest BCUT2D eigenvalue weighted by molar-refractivity contribution is -0.146. The van der Waals surface area contributed by atoms with Gasteiger partial charge in [0.15, 0.2) is 6.23 Å². The molecule has 1 unspecified atom stereocenters. The highest BCUT2D eigenvalue weighted by atomic mass is 31.2. The van der Waals surface area contributed by atoms with Gasteiger partial charge in [0.2, 0.25) is 0 Å². The van der Waals surface area contributed by atoms with Crippen molar-refractivity contribution in [2.24, 2.45) is 5.73 Å². The van der Waals surface area contributed by atoms with Crippen molar-refractivity contribution in [3.05, 3.63) is 17.6 Å². The molecule has 0 aliphatic carbocycles. The zero-order valence-corrected chi connectivity index (χ0v) is 19.5. The number of aromatic nitrogens is 3. The number of nitrogen functional groups attached to an aromatic ring is 1. The molecule has 2 aromatic rings. The minimum atomic E-state index is -4.47. The van der Waals surface area contributed by atoms with Crippen LogP contribution in [0, 0.1) is 6.92 Å². The quantitative estimate of drug-likeness (QED) is 0.173. The van der Waals surface area contributed by atoms with Crippen molar-refractivity contribution in [3.8, 4) is 0 Å². The summed E-state index contributed by atoms with van der Waals surface area (Å²) in [6, 6.07) is 0. The number of aliphatic hydroxyl groups excluding tert-OH is 2. The molecule has 34 heavy (non-hydrogen) atoms. The zero-order chi connectivity index (χ0) is 25.4. The van der Waals surface area contributed by atoms with Gasteiger partial charge in [-0.1, -0.05) is 0 Å². The van der Waals surface area contributed by atoms with E-state index < -0.39 is 63.4 Å². The maximum Gasteiger partial charge on any atom is 0.403 e. The van der Waals surface area contributed by atoms with Crippen molar-refractivity contribution in [2.45, 2.75) is 51.4 Å². The van der Waals surface area contributed by atoms with Gasteiger partial charge < -0.3 is 40.6 Å². The molecule has 188 valence electrons. The van der Waals surface area contributed by atoms with Crippen molar-refractivity contribution >= 4 is 36.5 Å². The van der Waals surface area contributed by atoms with Crippen LogP contribution in [-0.2, 0) is 23.4 Å². The number of fused-ring (bicyclic) bond motifs is 1. The molecule has 0 bridgehead atoms. The van der Waals surface area contributed by atoms with E-state index in [1.807, 2.05) is 5.09 Å². The number of rotatable bonds is 9. The summed E-state index contributed by atoms with van der Waals surface area (Å²) in [5, 5.41) is 23.2. The van der Waals surface area contributed by atoms with Gasteiger partial charge in [-0.15, -0.1) is 0 Å². The number of primary amides is 1. The van der Waals surface area contributed by atoms with Crippen LogP contribution in [0.15, 0.2) is 6.20 Å². The smallest absolute Gasteiger partial charge is 0.403 e. The van der Waals surface area contributed by atoms with Crippen LogP contribution < -0.4 is 16.6 Å². The predicted octanol–water partition coefficient (Wildman–Crippen LogP) is -1.30. The number of aliphatic hydroxyl groups is 2. The molecule has 3 rings (SSSR count). The Labute approximate surface area is 193 Å². The molecular weight excluding hydrogens is 475 g/mol. The Morgan fingerprint density at radius 1 is 1.32 bits per heavy atom. The first-order valence-electron chi connectivity index (χ1n) is 10.2. The fourth-order valence-corrected chi connectivity index (χ4v) is 4.22. The van der Waals surface area contributed by atoms with Crippen molar-refractivity contribution in [3.63, 3.8) is 0 Å². The highest BCUT2D eigenvalue weighted by Crippen LogP contribution is 2.40. The summed E-state index contributed by atoms with van der Waals surface area (Å²) in [6.45, 7) is 3.60. The molecular formula is C18H27N6O9P. The topological polar surface area (TPSA) is 234 Å². The van der Waals surface area contributed by atoms with Crippen molar-refractivity contribution in [1.82, 2.24) is 19.6 Å². The average Bonchev–Trinajstić information content (AvgIpc) is 3.23. The number of nitrogens with zero attached hydrogens (tertiary/aromatic N) is 3. The molecule has 1 amide bonds. The highest BCUT2D eigenvalue weighted by Gasteiger charge is 2.45. The highest BCUT2D eigenvalue weighted by molar-refractivity contribution is 7.50. The third-order valence-electron chi connectivity index (χ3n) is 4.89. The molecule has 0 aromatic carbocycles. The van der Waals surface area contributed by atoms with Crippen LogP contribution in [0.2, 0.25) is 0 Å². The molecule has 0 spiro atoms. The van der Waals surface area contributed by atoms with E-state index in [2.05, 4.69) is 9.97 Å². The van der Waals surface area contributed by atoms with E-state index in [4.69, 9.17) is 25.5 Å². The molecule has 5 atom stereocenters. The molecule has 0 radical (unpaired) electrons. The summed E-state index contributed by atoms with van der Waals surface area (Å²) in [7, 11) is -4.47. The van der Waals surface area contributed by atoms with Gasteiger partial charge in [0.1, 0.15) is 42.1 Å². The SMILES string of the molecule is Cc1nc(N)c2c(C(N)=O)cn([C@@H]3O[C@H](COP(=O)(O)NCC(=O)OC(C)C)[C@@H](O)[C@H]3O)c2n1. The zero-order valence-electron chi connectivity index (χ0n) is 18.6. The van der Waals surface area contributed by atoms with Crippen LogP contribution in [0.5, 0.6) is 0 Å². The molecule has 0 saturated carbocycles. The van der Waals surface area contributed by atoms with Gasteiger partial charge in [0.25, 0.3) is 5.91 Å². The Hall–Kier alpha value is -2.65. The van der Waals surface area contributed by atoms with Gasteiger partial charge in [-0.25, -0.2) is 19.6 Å². The van der Waals surface area contributed by atoms with E-state index in [9.17, 15) is 29.3 Å². The Balaban J connectivity index is 1.76. The van der Waals surface area contributed by atoms with Crippen LogP contribution in [0.3, 0.4) is 0 Å². The van der Waals surface area contributed by atoms with Gasteiger partial charge in [-0.05, 0) is 20.8 Å². The fourth-order valence-electron chi connectivity index (χ4n) is 3.46. The summed E-state index contributed by atoms with van der Waals surface area (Å²) in [5.74, 6) is -1.32. The average molecular weight is 502 g/mol. The van der Waals surface area contributed by atoms with Crippen molar-refractivity contribution in [2.75, 3.05) is 18.9 Å². The third-order valence-corrected chi connectivity index (χ3v) is 5.95. The molecule has 8 N–H and O–H groups in total. The van der Waals surface area contributed by atoms with Crippen LogP contribution in [-0.4, -0.2) is 79.1 Å². The number of carbonyl (C=O) groups is 2. The van der Waals surface area contributed by atoms with Gasteiger partial charge >= 0.3 is 13.7 Å². The van der Waals surface area contributed by atoms with E-state index in [0.29, 0.717) is 0 Å². The minimum absolute atomic E-state index is 0.00810. The fraction of sp³-hybridized carbons (Fsp3) is 0.556. The summed E-state index contributed by atoms with van der Waals surface area (Å²) in [4.78, 5) is 41.6. The third kappa shape index (κ3) is 5.52. The summed E-state index contributed by atoms with van der Waals surface area (Å²) in [5.41, 5.74) is 11.5. The Kier molecular flexibility index (Phi) is 7.57. The van der Waals surface area contributed by atoms with Gasteiger partial charge in [-0.2, -0.15) is 0 Å². The van der Waals surface area contributed by atoms with Crippen molar-refractivity contribution < 1.29 is 43.3 Å². The van der Waals surface area contributed by atoms with E-state index >= 15 is 0 Å². The van der Waals surface area contributed by atoms with Gasteiger partial charge in [0, 0.05) is 6.20 Å². The lowest BCUT2D eigenvalue weighted by Gasteiger charge is -2.18. The number of nitrogens with one attached hydrogen (secondary N) is 1. The molecule has 1 aliphatic heterocycles. The summed E-state index contributed by atoms with van der Waals surface area (Å²) in [6.07, 6.45) is -4.73. The van der Waals surface area contributed by atoms with Crippen LogP contribution in [0.1, 0.15) is 36.3 Å². The first kappa shape index (κ1) is 26.0. The second-order valence-corrected chi connectivity index (χ2v) is 9.52. The lowest BCUT2D eigenvalue weighted by Crippen LogP contribution is -2.34. The standard InChI is InChI=1S/C18H27N6O9P/c1-7(2)32-11(25)4-21-34(29,30)31-6-10-13(26)14(27)18(33-10)24-5-9(16(20)28)12-15(19)22-8(3)23-17(12)24/h5,7,10,13-14,18,26-27H,4,6H2,1-3H3,(H2,20,28)(H2,19,22,23)(H2,21,29,30)/t10-,13-,14-,18-/m1/s1. The monoisotopic (exact) mass is 502 g/mol. The van der Waals surface area contributed by atoms with Crippen LogP contribution in [0.25, 0.3) is 11.0 Å². The molecule has 1 aliphatic rings. The number of ether oxygens (including phenoxy) is 2. The second-order valence-electron chi connectivity index (χ2n) is 7.90. The Bertz CT molecular complexity index is 1140. The van der Waals surface area contributed by atoms with E-state index in [0.717, 1.165) is 0 Å². The van der Waals surface area contributed by atoms with E-state index in [-0.39, 0.29) is 28.2 Å². The summed E-state index contributed by atoms with van der Waals surface area (Å²) >= 11 is 0. The van der Waals surface area contributed by atoms with Crippen LogP contribution >= 0.6 is 7.75 Å². The molecule has 1 fully saturated rings. The Morgan fingerprint density at radius 3 is 2.62 bits per heavy atom. The molecule has 2 aromatic heterocycles. The normalized spacial score (nSPS) is 24.4. The van der Waals surface area contributed by atoms with Crippen molar-refractivity contribution in [1.29, 1.82) is 0 Å². The van der Waals surface area contributed by atoms with Crippen LogP contribution in [0.4, 0.5) is 5.82 Å². The molecule has 3 heterocycles. The number of esters is 1. The van der Waals surface area contributed by atoms with E-state index in [1.165, 1.54) is 10.8 Å². The number of hydrogen-bond acceptors (Lipinski definition) is 11. The first-order chi connectivity index (χ1) is 15.8. The number of amides is 1. The number of carbonyl (C=O) groups excluding carboxylic acids is 2. The Morgan fingerprint density at radius 2 is 2.00 bits per heavy atom.